The molecule has 0 N–H and O–H groups in total. The highest BCUT2D eigenvalue weighted by molar-refractivity contribution is 6.10. The van der Waals surface area contributed by atoms with Crippen LogP contribution in [0.2, 0.25) is 0 Å². The molecular formula is C26H22N2O4. The maximum absolute atomic E-state index is 13.7. The van der Waals surface area contributed by atoms with E-state index < -0.39 is 6.04 Å². The van der Waals surface area contributed by atoms with E-state index in [4.69, 9.17) is 9.15 Å². The zero-order chi connectivity index (χ0) is 22.6. The topological polar surface area (TPSA) is 72.6 Å². The lowest BCUT2D eigenvalue weighted by molar-refractivity contribution is 0.0970. The normalized spacial score (nSPS) is 15.3. The molecule has 1 aliphatic heterocycles. The highest BCUT2D eigenvalue weighted by Crippen LogP contribution is 2.41. The number of methoxy groups -OCH3 is 1. The van der Waals surface area contributed by atoms with Gasteiger partial charge >= 0.3 is 0 Å². The summed E-state index contributed by atoms with van der Waals surface area (Å²) < 4.78 is 11.4. The first-order valence-corrected chi connectivity index (χ1v) is 10.4. The summed E-state index contributed by atoms with van der Waals surface area (Å²) in [4.78, 5) is 33.3. The van der Waals surface area contributed by atoms with Gasteiger partial charge in [-0.05, 0) is 79.4 Å². The van der Waals surface area contributed by atoms with Crippen LogP contribution in [0.25, 0.3) is 11.0 Å². The Labute approximate surface area is 185 Å². The molecule has 3 heterocycles. The third kappa shape index (κ3) is 2.99. The van der Waals surface area contributed by atoms with Gasteiger partial charge in [0.05, 0.1) is 24.1 Å². The average molecular weight is 426 g/mol. The van der Waals surface area contributed by atoms with Crippen LogP contribution in [0.1, 0.15) is 44.4 Å². The minimum Gasteiger partial charge on any atom is -0.497 e. The maximum atomic E-state index is 13.7. The summed E-state index contributed by atoms with van der Waals surface area (Å²) in [5.41, 5.74) is 4.27. The van der Waals surface area contributed by atoms with Crippen LogP contribution in [0.4, 0.5) is 5.82 Å². The molecule has 0 aliphatic carbocycles. The number of benzene rings is 2. The van der Waals surface area contributed by atoms with Crippen molar-refractivity contribution in [2.24, 2.45) is 0 Å². The molecule has 0 spiro atoms. The number of aromatic nitrogens is 1. The van der Waals surface area contributed by atoms with Gasteiger partial charge in [-0.1, -0.05) is 12.1 Å². The van der Waals surface area contributed by atoms with Gasteiger partial charge in [-0.2, -0.15) is 0 Å². The van der Waals surface area contributed by atoms with Crippen LogP contribution in [0.3, 0.4) is 0 Å². The number of nitrogens with zero attached hydrogens (tertiary/aromatic N) is 2. The zero-order valence-corrected chi connectivity index (χ0v) is 18.3. The number of hydrogen-bond donors (Lipinski definition) is 0. The summed E-state index contributed by atoms with van der Waals surface area (Å²) in [5, 5.41) is 0.470. The van der Waals surface area contributed by atoms with Crippen molar-refractivity contribution in [2.45, 2.75) is 26.8 Å². The Kier molecular flexibility index (Phi) is 4.59. The number of carbonyl (C=O) groups excluding carboxylic acids is 1. The van der Waals surface area contributed by atoms with Gasteiger partial charge in [0.2, 0.25) is 5.76 Å². The Bertz CT molecular complexity index is 1440. The lowest BCUT2D eigenvalue weighted by atomic mass is 9.97. The molecule has 2 aromatic carbocycles. The number of carbonyl (C=O) groups is 1. The Morgan fingerprint density at radius 2 is 1.69 bits per heavy atom. The van der Waals surface area contributed by atoms with E-state index >= 15 is 0 Å². The number of ether oxygens (including phenoxy) is 1. The summed E-state index contributed by atoms with van der Waals surface area (Å²) in [6.45, 7) is 5.84. The van der Waals surface area contributed by atoms with Crippen LogP contribution in [0, 0.1) is 20.8 Å². The number of anilines is 1. The number of aryl methyl sites for hydroxylation is 3. The summed E-state index contributed by atoms with van der Waals surface area (Å²) >= 11 is 0. The quantitative estimate of drug-likeness (QED) is 0.467. The van der Waals surface area contributed by atoms with Gasteiger partial charge < -0.3 is 9.15 Å². The molecule has 1 aliphatic rings. The molecule has 2 aromatic heterocycles. The van der Waals surface area contributed by atoms with Gasteiger partial charge in [0, 0.05) is 6.20 Å². The van der Waals surface area contributed by atoms with Crippen LogP contribution in [-0.2, 0) is 0 Å². The molecule has 6 nitrogen and oxygen atoms in total. The minimum absolute atomic E-state index is 0.0647. The van der Waals surface area contributed by atoms with Crippen LogP contribution in [-0.4, -0.2) is 18.0 Å². The second-order valence-electron chi connectivity index (χ2n) is 8.15. The van der Waals surface area contributed by atoms with Crippen molar-refractivity contribution in [3.05, 3.63) is 98.5 Å². The van der Waals surface area contributed by atoms with E-state index in [9.17, 15) is 9.59 Å². The maximum Gasteiger partial charge on any atom is 0.296 e. The number of hydrogen-bond acceptors (Lipinski definition) is 5. The second kappa shape index (κ2) is 7.34. The van der Waals surface area contributed by atoms with E-state index in [1.165, 1.54) is 0 Å². The van der Waals surface area contributed by atoms with Crippen LogP contribution in [0.5, 0.6) is 5.75 Å². The summed E-state index contributed by atoms with van der Waals surface area (Å²) in [6.07, 6.45) is 1.66. The molecule has 0 saturated carbocycles. The van der Waals surface area contributed by atoms with Crippen LogP contribution in [0.15, 0.2) is 63.9 Å². The molecule has 160 valence electrons. The van der Waals surface area contributed by atoms with E-state index in [1.54, 1.807) is 18.2 Å². The summed E-state index contributed by atoms with van der Waals surface area (Å²) in [5.74, 6) is 0.847. The molecule has 1 unspecified atom stereocenters. The van der Waals surface area contributed by atoms with Crippen molar-refractivity contribution in [1.29, 1.82) is 0 Å². The van der Waals surface area contributed by atoms with E-state index in [0.29, 0.717) is 28.1 Å². The fourth-order valence-electron chi connectivity index (χ4n) is 4.22. The Morgan fingerprint density at radius 1 is 0.969 bits per heavy atom. The van der Waals surface area contributed by atoms with Crippen molar-refractivity contribution in [3.63, 3.8) is 0 Å². The molecule has 0 saturated heterocycles. The largest absolute Gasteiger partial charge is 0.497 e. The third-order valence-electron chi connectivity index (χ3n) is 6.07. The van der Waals surface area contributed by atoms with E-state index in [2.05, 4.69) is 4.98 Å². The molecule has 5 rings (SSSR count). The smallest absolute Gasteiger partial charge is 0.296 e. The molecule has 6 heteroatoms. The Hall–Kier alpha value is -3.93. The van der Waals surface area contributed by atoms with Crippen molar-refractivity contribution < 1.29 is 13.9 Å². The second-order valence-corrected chi connectivity index (χ2v) is 8.15. The zero-order valence-electron chi connectivity index (χ0n) is 18.3. The standard InChI is InChI=1S/C26H22N2O4/c1-14-9-10-27-21(11-14)28-23(17-5-7-18(31-4)8-6-17)22-24(29)19-12-15(2)16(3)13-20(19)32-25(22)26(28)30/h5-13,23H,1-4H3. The van der Waals surface area contributed by atoms with E-state index in [0.717, 1.165) is 22.3 Å². The number of rotatable bonds is 3. The fraction of sp³-hybridized carbons (Fsp3) is 0.192. The van der Waals surface area contributed by atoms with E-state index in [1.807, 2.05) is 69.3 Å². The molecule has 1 atom stereocenters. The van der Waals surface area contributed by atoms with Gasteiger partial charge in [-0.25, -0.2) is 4.98 Å². The van der Waals surface area contributed by atoms with Gasteiger partial charge in [-0.15, -0.1) is 0 Å². The SMILES string of the molecule is COc1ccc(C2c3c(oc4cc(C)c(C)cc4c3=O)C(=O)N2c2cc(C)ccn2)cc1. The first-order valence-electron chi connectivity index (χ1n) is 10.4. The molecule has 0 fully saturated rings. The predicted molar refractivity (Wildman–Crippen MR) is 123 cm³/mol. The van der Waals surface area contributed by atoms with Crippen molar-refractivity contribution in [1.82, 2.24) is 4.98 Å². The lowest BCUT2D eigenvalue weighted by Crippen LogP contribution is -2.30. The molecule has 32 heavy (non-hydrogen) atoms. The van der Waals surface area contributed by atoms with Gasteiger partial charge in [0.25, 0.3) is 5.91 Å². The summed E-state index contributed by atoms with van der Waals surface area (Å²) in [7, 11) is 1.59. The average Bonchev–Trinajstić information content (AvgIpc) is 3.08. The molecule has 0 bridgehead atoms. The first kappa shape index (κ1) is 20.0. The fourth-order valence-corrected chi connectivity index (χ4v) is 4.22. The Morgan fingerprint density at radius 3 is 2.38 bits per heavy atom. The predicted octanol–water partition coefficient (Wildman–Crippen LogP) is 4.87. The molecule has 1 amide bonds. The highest BCUT2D eigenvalue weighted by atomic mass is 16.5. The lowest BCUT2D eigenvalue weighted by Gasteiger charge is -2.24. The van der Waals surface area contributed by atoms with Gasteiger partial charge in [0.1, 0.15) is 17.2 Å². The van der Waals surface area contributed by atoms with Gasteiger partial charge in [-0.3, -0.25) is 14.5 Å². The molecule has 0 radical (unpaired) electrons. The molecular weight excluding hydrogens is 404 g/mol. The minimum atomic E-state index is -0.653. The van der Waals surface area contributed by atoms with Crippen LogP contribution < -0.4 is 15.1 Å². The Balaban J connectivity index is 1.81. The number of fused-ring (bicyclic) bond motifs is 2. The highest BCUT2D eigenvalue weighted by Gasteiger charge is 2.44. The number of amides is 1. The first-order chi connectivity index (χ1) is 15.4. The van der Waals surface area contributed by atoms with Crippen molar-refractivity contribution >= 4 is 22.7 Å². The van der Waals surface area contributed by atoms with Gasteiger partial charge in [0.15, 0.2) is 5.43 Å². The summed E-state index contributed by atoms with van der Waals surface area (Å²) in [6, 6.07) is 14.0. The monoisotopic (exact) mass is 426 g/mol. The van der Waals surface area contributed by atoms with Crippen molar-refractivity contribution in [2.75, 3.05) is 12.0 Å². The van der Waals surface area contributed by atoms with E-state index in [-0.39, 0.29) is 17.1 Å². The number of pyridine rings is 1. The third-order valence-corrected chi connectivity index (χ3v) is 6.07. The van der Waals surface area contributed by atoms with Crippen molar-refractivity contribution in [3.8, 4) is 5.75 Å². The molecule has 4 aromatic rings. The van der Waals surface area contributed by atoms with Crippen LogP contribution >= 0.6 is 0 Å².